The molecule has 1 aromatic carbocycles. The highest BCUT2D eigenvalue weighted by Gasteiger charge is 2.99. The van der Waals surface area contributed by atoms with Crippen molar-refractivity contribution < 1.29 is 25.5 Å². The molecule has 0 bridgehead atoms. The van der Waals surface area contributed by atoms with Crippen LogP contribution in [0.5, 0.6) is 0 Å². The average molecular weight is 322 g/mol. The Labute approximate surface area is 136 Å². The molecule has 2 saturated carbocycles. The maximum absolute atomic E-state index is 11.1. The Balaban J connectivity index is 1.93. The first-order valence-electron chi connectivity index (χ1n) is 7.98. The summed E-state index contributed by atoms with van der Waals surface area (Å²) in [6.45, 7) is 6.46. The van der Waals surface area contributed by atoms with Crippen LogP contribution in [0, 0.1) is 10.8 Å². The zero-order valence-corrected chi connectivity index (χ0v) is 14.0. The minimum Gasteiger partial charge on any atom is -0.390 e. The van der Waals surface area contributed by atoms with Gasteiger partial charge in [-0.2, -0.15) is 0 Å². The van der Waals surface area contributed by atoms with E-state index < -0.39 is 39.8 Å². The number of rotatable bonds is 4. The molecular formula is C18H26O5. The normalized spacial score (nSPS) is 44.7. The topological polar surface area (TPSA) is 101 Å². The molecule has 2 fully saturated rings. The van der Waals surface area contributed by atoms with Crippen molar-refractivity contribution in [3.05, 3.63) is 35.9 Å². The quantitative estimate of drug-likeness (QED) is 0.546. The summed E-state index contributed by atoms with van der Waals surface area (Å²) in [6, 6.07) is 9.17. The Morgan fingerprint density at radius 1 is 1.00 bits per heavy atom. The average Bonchev–Trinajstić information content (AvgIpc) is 3.08. The standard InChI is InChI=1S/C18H26O5/c1-14(2)13(20)17(14,22)18(23)15(3,4)16(18,21)12(19)10-11-8-6-5-7-9-11/h5-9,12-13,19-23H,10H2,1-4H3/t12?,13?,16-,17+,18-/m0/s1. The van der Waals surface area contributed by atoms with Crippen molar-refractivity contribution in [1.29, 1.82) is 0 Å². The minimum atomic E-state index is -1.98. The van der Waals surface area contributed by atoms with Crippen molar-refractivity contribution in [2.75, 3.05) is 0 Å². The second kappa shape index (κ2) is 4.35. The van der Waals surface area contributed by atoms with Crippen LogP contribution < -0.4 is 0 Å². The molecule has 128 valence electrons. The van der Waals surface area contributed by atoms with Crippen LogP contribution in [0.1, 0.15) is 33.3 Å². The summed E-state index contributed by atoms with van der Waals surface area (Å²) >= 11 is 0. The van der Waals surface area contributed by atoms with E-state index in [0.29, 0.717) is 0 Å². The number of hydrogen-bond acceptors (Lipinski definition) is 5. The molecule has 0 heterocycles. The third kappa shape index (κ3) is 1.55. The van der Waals surface area contributed by atoms with E-state index in [1.165, 1.54) is 0 Å². The fourth-order valence-corrected chi connectivity index (χ4v) is 4.65. The lowest BCUT2D eigenvalue weighted by atomic mass is 9.92. The Morgan fingerprint density at radius 2 is 1.48 bits per heavy atom. The molecule has 0 aromatic heterocycles. The molecule has 2 unspecified atom stereocenters. The van der Waals surface area contributed by atoms with E-state index in [1.54, 1.807) is 27.7 Å². The van der Waals surface area contributed by atoms with E-state index in [9.17, 15) is 25.5 Å². The van der Waals surface area contributed by atoms with Gasteiger partial charge in [-0.25, -0.2) is 0 Å². The molecular weight excluding hydrogens is 296 g/mol. The van der Waals surface area contributed by atoms with Crippen LogP contribution in [-0.2, 0) is 6.42 Å². The fraction of sp³-hybridized carbons (Fsp3) is 0.667. The molecule has 2 aliphatic rings. The smallest absolute Gasteiger partial charge is 0.136 e. The highest BCUT2D eigenvalue weighted by Crippen LogP contribution is 2.79. The first kappa shape index (κ1) is 16.9. The molecule has 0 radical (unpaired) electrons. The lowest BCUT2D eigenvalue weighted by molar-refractivity contribution is -0.133. The number of aliphatic hydroxyl groups is 5. The molecule has 3 rings (SSSR count). The summed E-state index contributed by atoms with van der Waals surface area (Å²) in [4.78, 5) is 0. The Kier molecular flexibility index (Phi) is 3.19. The number of aliphatic hydroxyl groups excluding tert-OH is 2. The van der Waals surface area contributed by atoms with E-state index >= 15 is 0 Å². The van der Waals surface area contributed by atoms with Gasteiger partial charge in [-0.3, -0.25) is 0 Å². The Morgan fingerprint density at radius 3 is 1.91 bits per heavy atom. The molecule has 5 nitrogen and oxygen atoms in total. The van der Waals surface area contributed by atoms with E-state index in [0.717, 1.165) is 5.56 Å². The van der Waals surface area contributed by atoms with Crippen molar-refractivity contribution in [2.45, 2.75) is 63.1 Å². The predicted molar refractivity (Wildman–Crippen MR) is 84.6 cm³/mol. The molecule has 1 aromatic rings. The molecule has 0 spiro atoms. The molecule has 5 atom stereocenters. The summed E-state index contributed by atoms with van der Waals surface area (Å²) in [5.74, 6) is 0. The van der Waals surface area contributed by atoms with Gasteiger partial charge in [0, 0.05) is 17.3 Å². The maximum atomic E-state index is 11.1. The fourth-order valence-electron chi connectivity index (χ4n) is 4.65. The largest absolute Gasteiger partial charge is 0.390 e. The van der Waals surface area contributed by atoms with Gasteiger partial charge in [-0.1, -0.05) is 58.0 Å². The van der Waals surface area contributed by atoms with Crippen molar-refractivity contribution in [1.82, 2.24) is 0 Å². The highest BCUT2D eigenvalue weighted by atomic mass is 16.5. The summed E-state index contributed by atoms with van der Waals surface area (Å²) < 4.78 is 0. The van der Waals surface area contributed by atoms with Gasteiger partial charge in [-0.15, -0.1) is 0 Å². The lowest BCUT2D eigenvalue weighted by Crippen LogP contribution is -2.49. The monoisotopic (exact) mass is 322 g/mol. The highest BCUT2D eigenvalue weighted by molar-refractivity contribution is 5.49. The predicted octanol–water partition coefficient (Wildman–Crippen LogP) is 0.224. The van der Waals surface area contributed by atoms with Crippen LogP contribution in [0.4, 0.5) is 0 Å². The van der Waals surface area contributed by atoms with Gasteiger partial charge in [0.2, 0.25) is 0 Å². The Bertz CT molecular complexity index is 628. The van der Waals surface area contributed by atoms with Crippen molar-refractivity contribution in [3.63, 3.8) is 0 Å². The van der Waals surface area contributed by atoms with Gasteiger partial charge in [-0.05, 0) is 5.56 Å². The number of hydrogen-bond donors (Lipinski definition) is 5. The summed E-state index contributed by atoms with van der Waals surface area (Å²) in [7, 11) is 0. The lowest BCUT2D eigenvalue weighted by Gasteiger charge is -2.27. The SMILES string of the molecule is CC1(C)C(O)[C@]1(O)[C@]1(O)C(C)(C)[C@@]1(O)C(O)Cc1ccccc1. The van der Waals surface area contributed by atoms with E-state index in [1.807, 2.05) is 30.3 Å². The maximum Gasteiger partial charge on any atom is 0.136 e. The van der Waals surface area contributed by atoms with Crippen LogP contribution >= 0.6 is 0 Å². The third-order valence-electron chi connectivity index (χ3n) is 6.63. The van der Waals surface area contributed by atoms with Crippen LogP contribution in [0.25, 0.3) is 0 Å². The zero-order chi connectivity index (χ0) is 17.5. The van der Waals surface area contributed by atoms with Gasteiger partial charge >= 0.3 is 0 Å². The summed E-state index contributed by atoms with van der Waals surface area (Å²) in [5, 5.41) is 53.7. The van der Waals surface area contributed by atoms with E-state index in [-0.39, 0.29) is 6.42 Å². The molecule has 0 aliphatic heterocycles. The zero-order valence-electron chi connectivity index (χ0n) is 14.0. The summed E-state index contributed by atoms with van der Waals surface area (Å²) in [6.07, 6.45) is -2.27. The second-order valence-electron chi connectivity index (χ2n) is 8.20. The first-order chi connectivity index (χ1) is 10.4. The minimum absolute atomic E-state index is 0.148. The molecule has 2 aliphatic carbocycles. The van der Waals surface area contributed by atoms with Gasteiger partial charge in [0.1, 0.15) is 16.8 Å². The van der Waals surface area contributed by atoms with Gasteiger partial charge in [0.25, 0.3) is 0 Å². The van der Waals surface area contributed by atoms with E-state index in [2.05, 4.69) is 0 Å². The van der Waals surface area contributed by atoms with Gasteiger partial charge < -0.3 is 25.5 Å². The van der Waals surface area contributed by atoms with Crippen LogP contribution in [-0.4, -0.2) is 54.5 Å². The molecule has 5 heteroatoms. The first-order valence-corrected chi connectivity index (χ1v) is 7.98. The molecule has 23 heavy (non-hydrogen) atoms. The summed E-state index contributed by atoms with van der Waals surface area (Å²) in [5.41, 5.74) is -7.02. The third-order valence-corrected chi connectivity index (χ3v) is 6.63. The molecule has 0 amide bonds. The molecule has 5 N–H and O–H groups in total. The van der Waals surface area contributed by atoms with Crippen LogP contribution in [0.2, 0.25) is 0 Å². The Hall–Kier alpha value is -0.980. The van der Waals surface area contributed by atoms with Crippen molar-refractivity contribution >= 4 is 0 Å². The van der Waals surface area contributed by atoms with Gasteiger partial charge in [0.05, 0.1) is 12.2 Å². The number of benzene rings is 1. The molecule has 0 saturated heterocycles. The van der Waals surface area contributed by atoms with Crippen LogP contribution in [0.15, 0.2) is 30.3 Å². The second-order valence-corrected chi connectivity index (χ2v) is 8.20. The van der Waals surface area contributed by atoms with Crippen LogP contribution in [0.3, 0.4) is 0 Å². The van der Waals surface area contributed by atoms with E-state index in [4.69, 9.17) is 0 Å². The van der Waals surface area contributed by atoms with Crippen molar-refractivity contribution in [3.8, 4) is 0 Å². The van der Waals surface area contributed by atoms with Gasteiger partial charge in [0.15, 0.2) is 0 Å². The van der Waals surface area contributed by atoms with Crippen molar-refractivity contribution in [2.24, 2.45) is 10.8 Å².